The maximum Gasteiger partial charge on any atom is 0.238 e. The summed E-state index contributed by atoms with van der Waals surface area (Å²) < 4.78 is 164. The second kappa shape index (κ2) is 24.3. The van der Waals surface area contributed by atoms with E-state index in [9.17, 15) is 26.3 Å². The molecule has 6 aromatic rings. The van der Waals surface area contributed by atoms with Crippen molar-refractivity contribution in [3.05, 3.63) is 161 Å². The van der Waals surface area contributed by atoms with Crippen molar-refractivity contribution in [2.24, 2.45) is 5.92 Å². The molecule has 6 aromatic carbocycles. The monoisotopic (exact) mass is 1630 g/mol. The highest BCUT2D eigenvalue weighted by Crippen LogP contribution is 2.48. The van der Waals surface area contributed by atoms with Crippen LogP contribution in [0.1, 0.15) is 56.6 Å². The van der Waals surface area contributed by atoms with Gasteiger partial charge in [-0.15, -0.1) is 0 Å². The van der Waals surface area contributed by atoms with Crippen LogP contribution in [0.25, 0.3) is 22.3 Å². The number of benzene rings is 6. The Bertz CT molecular complexity index is 2520. The molecule has 0 N–H and O–H groups in total. The van der Waals surface area contributed by atoms with Gasteiger partial charge in [0.05, 0.1) is 24.3 Å². The summed E-state index contributed by atoms with van der Waals surface area (Å²) in [6.07, 6.45) is 5.13. The van der Waals surface area contributed by atoms with E-state index < -0.39 is 61.4 Å². The van der Waals surface area contributed by atoms with E-state index in [1.807, 2.05) is 45.2 Å². The van der Waals surface area contributed by atoms with Crippen LogP contribution in [0.2, 0.25) is 0 Å². The van der Waals surface area contributed by atoms with Gasteiger partial charge >= 0.3 is 0 Å². The number of halogens is 16. The fourth-order valence-corrected chi connectivity index (χ4v) is 14.2. The minimum atomic E-state index is -1.65. The lowest BCUT2D eigenvalue weighted by Crippen LogP contribution is -2.21. The first-order valence-electron chi connectivity index (χ1n) is 20.3. The largest absolute Gasteiger partial charge is 0.493 e. The van der Waals surface area contributed by atoms with Crippen LogP contribution in [0, 0.1) is 71.2 Å². The Morgan fingerprint density at radius 3 is 1.09 bits per heavy atom. The van der Waals surface area contributed by atoms with Crippen LogP contribution in [-0.2, 0) is 3.23 Å². The highest BCUT2D eigenvalue weighted by molar-refractivity contribution is 14.2. The Morgan fingerprint density at radius 2 is 0.765 bits per heavy atom. The molecule has 0 amide bonds. The van der Waals surface area contributed by atoms with Crippen LogP contribution < -0.4 is 18.9 Å². The fourth-order valence-electron chi connectivity index (χ4n) is 6.95. The molecule has 0 aliphatic heterocycles. The third-order valence-electron chi connectivity index (χ3n) is 10.3. The lowest BCUT2D eigenvalue weighted by molar-refractivity contribution is 0.281. The summed E-state index contributed by atoms with van der Waals surface area (Å²) in [5.41, 5.74) is 0.843. The normalized spacial score (nSPS) is 11.9. The molecule has 20 heteroatoms. The molecule has 0 saturated carbocycles. The number of ether oxygens (including phenoxy) is 4. The van der Waals surface area contributed by atoms with Crippen LogP contribution in [0.4, 0.5) is 43.9 Å². The van der Waals surface area contributed by atoms with Crippen LogP contribution in [0.5, 0.6) is 23.0 Å². The number of hydrogen-bond donors (Lipinski definition) is 0. The first-order chi connectivity index (χ1) is 32.0. The van der Waals surface area contributed by atoms with E-state index in [0.29, 0.717) is 62.0 Å². The number of hydrogen-bond acceptors (Lipinski definition) is 4. The molecule has 0 saturated heterocycles. The summed E-state index contributed by atoms with van der Waals surface area (Å²) in [6.45, 7) is 2.88. The average molecular weight is 1630 g/mol. The first-order valence-corrected chi connectivity index (χ1v) is 26.8. The standard InChI is InChI=1S/C48H34F10I6O4/c1-24(6-2-4-12-65-27-8-10-31(33(49)18-27)25-14-35(51)43(41(59)16-25)47(61,62)67-29-20-37(53)45(57)38(54)21-29)7-3-5-13-66-28-9-11-32(34(50)19-28)26-15-36(52)44(42(60)17-26)48(63,64)68-30-22-39(55)46(58)40(56)23-30/h8-11,14-24H,2-7,12-13H2,1H3. The number of unbranched alkanes of at least 4 members (excludes halogenated alkanes) is 2. The topological polar surface area (TPSA) is 36.9 Å². The Morgan fingerprint density at radius 1 is 0.426 bits per heavy atom. The van der Waals surface area contributed by atoms with Crippen molar-refractivity contribution in [3.8, 4) is 45.3 Å². The molecule has 0 bridgehead atoms. The maximum absolute atomic E-state index is 15.6. The van der Waals surface area contributed by atoms with Crippen molar-refractivity contribution >= 4 is 136 Å². The quantitative estimate of drug-likeness (QED) is 0.0251. The third kappa shape index (κ3) is 14.2. The molecule has 0 aliphatic rings. The SMILES string of the molecule is CC(CCCCOc1ccc(-c2cc(F)c(C(I)(I)Oc3cc(F)c(F)c(F)c3)c(I)c2)c(F)c1)CCCCOc1ccc(-c2cc(F)c(C(I)(I)Oc3cc(F)c(F)c(F)c3)c(I)c2)c(F)c1. The zero-order valence-corrected chi connectivity index (χ0v) is 47.9. The Balaban J connectivity index is 0.910. The van der Waals surface area contributed by atoms with Crippen LogP contribution >= 0.6 is 136 Å². The highest BCUT2D eigenvalue weighted by atomic mass is 127. The summed E-state index contributed by atoms with van der Waals surface area (Å²) >= 11 is 10.8. The molecule has 0 heterocycles. The zero-order chi connectivity index (χ0) is 49.7. The molecule has 4 nitrogen and oxygen atoms in total. The van der Waals surface area contributed by atoms with E-state index >= 15 is 17.6 Å². The van der Waals surface area contributed by atoms with Gasteiger partial charge in [0.25, 0.3) is 0 Å². The zero-order valence-electron chi connectivity index (χ0n) is 35.0. The van der Waals surface area contributed by atoms with Gasteiger partial charge in [-0.1, -0.05) is 19.8 Å². The fraction of sp³-hybridized carbons (Fsp3) is 0.250. The lowest BCUT2D eigenvalue weighted by atomic mass is 9.98. The van der Waals surface area contributed by atoms with Gasteiger partial charge in [-0.3, -0.25) is 0 Å². The van der Waals surface area contributed by atoms with Crippen LogP contribution in [-0.4, -0.2) is 13.2 Å². The average Bonchev–Trinajstić information content (AvgIpc) is 3.23. The number of alkyl halides is 4. The van der Waals surface area contributed by atoms with E-state index in [2.05, 4.69) is 6.92 Å². The van der Waals surface area contributed by atoms with Crippen LogP contribution in [0.15, 0.2) is 84.9 Å². The molecule has 0 aliphatic carbocycles. The van der Waals surface area contributed by atoms with Crippen molar-refractivity contribution in [1.29, 1.82) is 0 Å². The summed E-state index contributed by atoms with van der Waals surface area (Å²) in [4.78, 5) is 0. The summed E-state index contributed by atoms with van der Waals surface area (Å²) in [6, 6.07) is 16.7. The molecule has 0 atom stereocenters. The van der Waals surface area contributed by atoms with Gasteiger partial charge in [0.15, 0.2) is 34.9 Å². The third-order valence-corrected chi connectivity index (χ3v) is 15.0. The van der Waals surface area contributed by atoms with E-state index in [1.54, 1.807) is 115 Å². The van der Waals surface area contributed by atoms with Crippen molar-refractivity contribution in [2.75, 3.05) is 13.2 Å². The van der Waals surface area contributed by atoms with E-state index in [0.717, 1.165) is 50.7 Å². The van der Waals surface area contributed by atoms with Crippen molar-refractivity contribution < 1.29 is 62.9 Å². The molecule has 6 rings (SSSR count). The molecule has 0 fully saturated rings. The van der Waals surface area contributed by atoms with E-state index in [1.165, 1.54) is 24.3 Å². The van der Waals surface area contributed by atoms with Crippen molar-refractivity contribution in [2.45, 2.75) is 48.7 Å². The Hall–Kier alpha value is -1.80. The molecule has 0 radical (unpaired) electrons. The van der Waals surface area contributed by atoms with Gasteiger partial charge in [0.2, 0.25) is 3.23 Å². The van der Waals surface area contributed by atoms with Gasteiger partial charge in [0.1, 0.15) is 46.3 Å². The minimum Gasteiger partial charge on any atom is -0.493 e. The summed E-state index contributed by atoms with van der Waals surface area (Å²) in [5.74, 6) is -11.5. The molecule has 0 spiro atoms. The maximum atomic E-state index is 15.6. The first kappa shape index (κ1) is 55.5. The Labute approximate surface area is 467 Å². The second-order valence-electron chi connectivity index (χ2n) is 15.3. The molecule has 0 unspecified atom stereocenters. The number of rotatable bonds is 20. The highest BCUT2D eigenvalue weighted by Gasteiger charge is 2.36. The van der Waals surface area contributed by atoms with Gasteiger partial charge in [0, 0.05) is 54.7 Å². The van der Waals surface area contributed by atoms with Crippen LogP contribution in [0.3, 0.4) is 0 Å². The predicted octanol–water partition coefficient (Wildman–Crippen LogP) is 18.2. The smallest absolute Gasteiger partial charge is 0.238 e. The van der Waals surface area contributed by atoms with Gasteiger partial charge < -0.3 is 18.9 Å². The summed E-state index contributed by atoms with van der Waals surface area (Å²) in [7, 11) is 0. The summed E-state index contributed by atoms with van der Waals surface area (Å²) in [5, 5.41) is 0. The molecular formula is C48H34F10I6O4. The second-order valence-corrected chi connectivity index (χ2v) is 27.9. The van der Waals surface area contributed by atoms with Gasteiger partial charge in [-0.2, -0.15) is 0 Å². The minimum absolute atomic E-state index is 0.0371. The van der Waals surface area contributed by atoms with E-state index in [4.69, 9.17) is 18.9 Å². The lowest BCUT2D eigenvalue weighted by Gasteiger charge is -2.25. The Kier molecular flexibility index (Phi) is 19.8. The van der Waals surface area contributed by atoms with E-state index in [-0.39, 0.29) is 44.9 Å². The predicted molar refractivity (Wildman–Crippen MR) is 290 cm³/mol. The molecular weight excluding hydrogens is 1590 g/mol. The van der Waals surface area contributed by atoms with Gasteiger partial charge in [-0.25, -0.2) is 43.9 Å². The van der Waals surface area contributed by atoms with Gasteiger partial charge in [-0.05, 0) is 227 Å². The molecule has 0 aromatic heterocycles. The van der Waals surface area contributed by atoms with Crippen molar-refractivity contribution in [3.63, 3.8) is 0 Å². The molecule has 68 heavy (non-hydrogen) atoms. The van der Waals surface area contributed by atoms with Crippen molar-refractivity contribution in [1.82, 2.24) is 0 Å². The molecule has 362 valence electrons.